The maximum Gasteiger partial charge on any atom is 0.137 e. The van der Waals surface area contributed by atoms with E-state index in [-0.39, 0.29) is 0 Å². The van der Waals surface area contributed by atoms with E-state index in [1.54, 1.807) is 0 Å². The number of benzene rings is 1. The fraction of sp³-hybridized carbons (Fsp3) is 0.353. The zero-order valence-electron chi connectivity index (χ0n) is 11.9. The van der Waals surface area contributed by atoms with Gasteiger partial charge < -0.3 is 5.32 Å². The summed E-state index contributed by atoms with van der Waals surface area (Å²) in [4.78, 5) is 4.54. The molecule has 1 aliphatic rings. The van der Waals surface area contributed by atoms with Gasteiger partial charge in [-0.2, -0.15) is 0 Å². The van der Waals surface area contributed by atoms with Crippen LogP contribution in [0.3, 0.4) is 0 Å². The lowest BCUT2D eigenvalue weighted by Gasteiger charge is -2.07. The van der Waals surface area contributed by atoms with Crippen molar-refractivity contribution < 1.29 is 0 Å². The first kappa shape index (κ1) is 13.6. The SMILES string of the molecule is CC(=Cc1cc2cccc(C)c2nc1Cl)CNC1CC1. The van der Waals surface area contributed by atoms with E-state index in [4.69, 9.17) is 11.6 Å². The standard InChI is InChI=1S/C17H19ClN2/c1-11(10-19-15-6-7-15)8-14-9-13-5-3-4-12(2)16(13)20-17(14)18/h3-5,8-9,15,19H,6-7,10H2,1-2H3. The lowest BCUT2D eigenvalue weighted by molar-refractivity contribution is 0.736. The van der Waals surface area contributed by atoms with Crippen LogP contribution in [0, 0.1) is 6.92 Å². The summed E-state index contributed by atoms with van der Waals surface area (Å²) in [5.74, 6) is 0. The summed E-state index contributed by atoms with van der Waals surface area (Å²) < 4.78 is 0. The van der Waals surface area contributed by atoms with E-state index in [0.717, 1.165) is 34.6 Å². The molecule has 0 aliphatic heterocycles. The second-order valence-corrected chi connectivity index (χ2v) is 6.02. The van der Waals surface area contributed by atoms with Crippen molar-refractivity contribution in [3.63, 3.8) is 0 Å². The first-order valence-corrected chi connectivity index (χ1v) is 7.48. The summed E-state index contributed by atoms with van der Waals surface area (Å²) in [5.41, 5.74) is 4.43. The van der Waals surface area contributed by atoms with Crippen molar-refractivity contribution >= 4 is 28.6 Å². The lowest BCUT2D eigenvalue weighted by atomic mass is 10.1. The molecule has 0 bridgehead atoms. The molecule has 0 radical (unpaired) electrons. The Labute approximate surface area is 124 Å². The summed E-state index contributed by atoms with van der Waals surface area (Å²) in [6.07, 6.45) is 4.75. The average molecular weight is 287 g/mol. The number of aryl methyl sites for hydroxylation is 1. The smallest absolute Gasteiger partial charge is 0.137 e. The maximum atomic E-state index is 6.32. The minimum absolute atomic E-state index is 0.581. The average Bonchev–Trinajstić information content (AvgIpc) is 3.23. The normalized spacial score (nSPS) is 15.8. The molecule has 2 nitrogen and oxygen atoms in total. The molecule has 2 aromatic rings. The number of pyridine rings is 1. The Morgan fingerprint density at radius 1 is 1.45 bits per heavy atom. The van der Waals surface area contributed by atoms with Crippen LogP contribution < -0.4 is 5.32 Å². The first-order valence-electron chi connectivity index (χ1n) is 7.10. The van der Waals surface area contributed by atoms with Gasteiger partial charge in [0.15, 0.2) is 0 Å². The molecule has 0 atom stereocenters. The van der Waals surface area contributed by atoms with Gasteiger partial charge in [-0.3, -0.25) is 0 Å². The molecular weight excluding hydrogens is 268 g/mol. The van der Waals surface area contributed by atoms with Crippen LogP contribution in [0.4, 0.5) is 0 Å². The van der Waals surface area contributed by atoms with Crippen LogP contribution in [-0.4, -0.2) is 17.6 Å². The summed E-state index contributed by atoms with van der Waals surface area (Å²) in [6, 6.07) is 9.05. The number of nitrogens with zero attached hydrogens (tertiary/aromatic N) is 1. The van der Waals surface area contributed by atoms with Gasteiger partial charge in [0.2, 0.25) is 0 Å². The molecule has 3 heteroatoms. The highest BCUT2D eigenvalue weighted by atomic mass is 35.5. The Morgan fingerprint density at radius 3 is 3.00 bits per heavy atom. The number of rotatable bonds is 4. The first-order chi connectivity index (χ1) is 9.63. The van der Waals surface area contributed by atoms with Crippen LogP contribution in [0.1, 0.15) is 30.9 Å². The Balaban J connectivity index is 1.90. The summed E-state index contributed by atoms with van der Waals surface area (Å²) in [7, 11) is 0. The topological polar surface area (TPSA) is 24.9 Å². The third-order valence-electron chi connectivity index (χ3n) is 3.68. The van der Waals surface area contributed by atoms with E-state index in [9.17, 15) is 0 Å². The van der Waals surface area contributed by atoms with Crippen molar-refractivity contribution in [2.75, 3.05) is 6.54 Å². The van der Waals surface area contributed by atoms with Gasteiger partial charge >= 0.3 is 0 Å². The molecule has 0 unspecified atom stereocenters. The van der Waals surface area contributed by atoms with E-state index in [1.165, 1.54) is 18.4 Å². The van der Waals surface area contributed by atoms with E-state index < -0.39 is 0 Å². The van der Waals surface area contributed by atoms with Crippen LogP contribution in [0.5, 0.6) is 0 Å². The molecule has 1 aromatic carbocycles. The second-order valence-electron chi connectivity index (χ2n) is 5.66. The predicted molar refractivity (Wildman–Crippen MR) is 86.2 cm³/mol. The molecule has 0 amide bonds. The molecule has 1 fully saturated rings. The number of hydrogen-bond donors (Lipinski definition) is 1. The van der Waals surface area contributed by atoms with Gasteiger partial charge in [0, 0.05) is 23.5 Å². The van der Waals surface area contributed by atoms with Crippen LogP contribution in [0.15, 0.2) is 29.8 Å². The lowest BCUT2D eigenvalue weighted by Crippen LogP contribution is -2.18. The molecule has 0 spiro atoms. The van der Waals surface area contributed by atoms with Gasteiger partial charge in [0.05, 0.1) is 5.52 Å². The van der Waals surface area contributed by atoms with Gasteiger partial charge in [-0.05, 0) is 38.3 Å². The highest BCUT2D eigenvalue weighted by Crippen LogP contribution is 2.25. The van der Waals surface area contributed by atoms with Crippen molar-refractivity contribution in [1.82, 2.24) is 10.3 Å². The van der Waals surface area contributed by atoms with Crippen molar-refractivity contribution in [3.05, 3.63) is 46.1 Å². The number of aromatic nitrogens is 1. The van der Waals surface area contributed by atoms with E-state index in [1.807, 2.05) is 0 Å². The fourth-order valence-corrected chi connectivity index (χ4v) is 2.54. The Hall–Kier alpha value is -1.38. The summed E-state index contributed by atoms with van der Waals surface area (Å²) in [5, 5.41) is 5.23. The molecule has 0 saturated heterocycles. The minimum Gasteiger partial charge on any atom is -0.310 e. The molecule has 1 heterocycles. The second kappa shape index (κ2) is 5.55. The monoisotopic (exact) mass is 286 g/mol. The molecule has 1 N–H and O–H groups in total. The fourth-order valence-electron chi connectivity index (χ4n) is 2.35. The number of halogens is 1. The van der Waals surface area contributed by atoms with E-state index in [2.05, 4.69) is 54.5 Å². The highest BCUT2D eigenvalue weighted by molar-refractivity contribution is 6.31. The van der Waals surface area contributed by atoms with E-state index >= 15 is 0 Å². The molecule has 20 heavy (non-hydrogen) atoms. The number of hydrogen-bond acceptors (Lipinski definition) is 2. The molecule has 3 rings (SSSR count). The molecule has 1 aliphatic carbocycles. The van der Waals surface area contributed by atoms with Crippen molar-refractivity contribution in [1.29, 1.82) is 0 Å². The molecular formula is C17H19ClN2. The Bertz CT molecular complexity index is 672. The molecule has 104 valence electrons. The van der Waals surface area contributed by atoms with Crippen molar-refractivity contribution in [3.8, 4) is 0 Å². The third kappa shape index (κ3) is 3.02. The zero-order chi connectivity index (χ0) is 14.1. The summed E-state index contributed by atoms with van der Waals surface area (Å²) in [6.45, 7) is 5.12. The van der Waals surface area contributed by atoms with Gasteiger partial charge in [-0.25, -0.2) is 4.98 Å². The van der Waals surface area contributed by atoms with Gasteiger partial charge in [-0.1, -0.05) is 41.4 Å². The van der Waals surface area contributed by atoms with Crippen LogP contribution in [0.2, 0.25) is 5.15 Å². The number of fused-ring (bicyclic) bond motifs is 1. The summed E-state index contributed by atoms with van der Waals surface area (Å²) >= 11 is 6.32. The van der Waals surface area contributed by atoms with Gasteiger partial charge in [0.25, 0.3) is 0 Å². The van der Waals surface area contributed by atoms with Crippen LogP contribution >= 0.6 is 11.6 Å². The molecule has 1 aromatic heterocycles. The quantitative estimate of drug-likeness (QED) is 0.845. The third-order valence-corrected chi connectivity index (χ3v) is 3.98. The maximum absolute atomic E-state index is 6.32. The van der Waals surface area contributed by atoms with Gasteiger partial charge in [-0.15, -0.1) is 0 Å². The van der Waals surface area contributed by atoms with Crippen molar-refractivity contribution in [2.24, 2.45) is 0 Å². The van der Waals surface area contributed by atoms with Crippen LogP contribution in [-0.2, 0) is 0 Å². The number of para-hydroxylation sites is 1. The predicted octanol–water partition coefficient (Wildman–Crippen LogP) is 4.35. The van der Waals surface area contributed by atoms with E-state index in [0.29, 0.717) is 5.15 Å². The van der Waals surface area contributed by atoms with Gasteiger partial charge in [0.1, 0.15) is 5.15 Å². The largest absolute Gasteiger partial charge is 0.310 e. The molecule has 1 saturated carbocycles. The Kier molecular flexibility index (Phi) is 3.77. The highest BCUT2D eigenvalue weighted by Gasteiger charge is 2.19. The zero-order valence-corrected chi connectivity index (χ0v) is 12.7. The van der Waals surface area contributed by atoms with Crippen LogP contribution in [0.25, 0.3) is 17.0 Å². The van der Waals surface area contributed by atoms with Crippen molar-refractivity contribution in [2.45, 2.75) is 32.7 Å². The minimum atomic E-state index is 0.581. The Morgan fingerprint density at radius 2 is 2.25 bits per heavy atom. The number of nitrogens with one attached hydrogen (secondary N) is 1.